The van der Waals surface area contributed by atoms with E-state index in [0.29, 0.717) is 0 Å². The molecule has 1 rings (SSSR count). The molecule has 0 fully saturated rings. The number of anilines is 1. The van der Waals surface area contributed by atoms with Crippen molar-refractivity contribution in [1.82, 2.24) is 0 Å². The molecule has 0 aromatic heterocycles. The van der Waals surface area contributed by atoms with Crippen LogP contribution < -0.4 is 4.90 Å². The molecular formula is C10H10F2N2O4. The Morgan fingerprint density at radius 3 is 2.61 bits per heavy atom. The van der Waals surface area contributed by atoms with Crippen LogP contribution in [-0.4, -0.2) is 36.0 Å². The molecule has 1 N–H and O–H groups in total. The molecule has 0 bridgehead atoms. The van der Waals surface area contributed by atoms with Gasteiger partial charge >= 0.3 is 5.97 Å². The van der Waals surface area contributed by atoms with E-state index in [1.807, 2.05) is 0 Å². The number of benzene rings is 1. The predicted octanol–water partition coefficient (Wildman–Crippen LogP) is 1.99. The largest absolute Gasteiger partial charge is 0.478 e. The van der Waals surface area contributed by atoms with Gasteiger partial charge in [0.25, 0.3) is 12.1 Å². The monoisotopic (exact) mass is 260 g/mol. The fourth-order valence-electron chi connectivity index (χ4n) is 1.44. The van der Waals surface area contributed by atoms with Crippen molar-refractivity contribution in [1.29, 1.82) is 0 Å². The summed E-state index contributed by atoms with van der Waals surface area (Å²) in [5.74, 6) is -1.33. The van der Waals surface area contributed by atoms with Gasteiger partial charge in [0.05, 0.1) is 22.7 Å². The maximum Gasteiger partial charge on any atom is 0.337 e. The van der Waals surface area contributed by atoms with Gasteiger partial charge in [-0.25, -0.2) is 13.6 Å². The number of nitro groups is 1. The number of carbonyl (C=O) groups is 1. The topological polar surface area (TPSA) is 83.7 Å². The zero-order valence-corrected chi connectivity index (χ0v) is 9.34. The lowest BCUT2D eigenvalue weighted by molar-refractivity contribution is -0.384. The summed E-state index contributed by atoms with van der Waals surface area (Å²) in [5, 5.41) is 19.5. The summed E-state index contributed by atoms with van der Waals surface area (Å²) >= 11 is 0. The molecule has 1 aromatic rings. The Morgan fingerprint density at radius 1 is 1.56 bits per heavy atom. The number of hydrogen-bond donors (Lipinski definition) is 1. The first-order chi connectivity index (χ1) is 8.32. The highest BCUT2D eigenvalue weighted by molar-refractivity contribution is 5.95. The molecule has 0 radical (unpaired) electrons. The van der Waals surface area contributed by atoms with Crippen LogP contribution in [0, 0.1) is 10.1 Å². The molecule has 0 amide bonds. The summed E-state index contributed by atoms with van der Waals surface area (Å²) in [5.41, 5.74) is -0.725. The minimum atomic E-state index is -2.67. The van der Waals surface area contributed by atoms with Crippen molar-refractivity contribution in [2.24, 2.45) is 0 Å². The fraction of sp³-hybridized carbons (Fsp3) is 0.300. The fourth-order valence-corrected chi connectivity index (χ4v) is 1.44. The highest BCUT2D eigenvalue weighted by atomic mass is 19.3. The molecule has 0 unspecified atom stereocenters. The Kier molecular flexibility index (Phi) is 4.13. The SMILES string of the molecule is CN(CC(F)F)c1cc([N+](=O)[O-])ccc1C(=O)O. The minimum absolute atomic E-state index is 0.114. The number of aromatic carboxylic acids is 1. The minimum Gasteiger partial charge on any atom is -0.478 e. The maximum atomic E-state index is 12.2. The number of carboxylic acids is 1. The van der Waals surface area contributed by atoms with Gasteiger partial charge in [0, 0.05) is 19.2 Å². The second kappa shape index (κ2) is 5.39. The van der Waals surface area contributed by atoms with E-state index in [1.54, 1.807) is 0 Å². The number of halogens is 2. The molecule has 98 valence electrons. The molecule has 8 heteroatoms. The highest BCUT2D eigenvalue weighted by Gasteiger charge is 2.19. The van der Waals surface area contributed by atoms with Gasteiger partial charge in [-0.3, -0.25) is 10.1 Å². The maximum absolute atomic E-state index is 12.2. The van der Waals surface area contributed by atoms with E-state index in [0.717, 1.165) is 23.1 Å². The normalized spacial score (nSPS) is 10.4. The van der Waals surface area contributed by atoms with E-state index in [2.05, 4.69) is 0 Å². The number of nitro benzene ring substituents is 1. The third-order valence-electron chi connectivity index (χ3n) is 2.25. The summed E-state index contributed by atoms with van der Waals surface area (Å²) in [6.45, 7) is -0.707. The number of carboxylic acid groups (broad SMARTS) is 1. The van der Waals surface area contributed by atoms with Gasteiger partial charge in [0.1, 0.15) is 0 Å². The van der Waals surface area contributed by atoms with Crippen molar-refractivity contribution >= 4 is 17.3 Å². The summed E-state index contributed by atoms with van der Waals surface area (Å²) < 4.78 is 24.5. The molecule has 0 aliphatic carbocycles. The van der Waals surface area contributed by atoms with Crippen LogP contribution in [0.2, 0.25) is 0 Å². The van der Waals surface area contributed by atoms with E-state index < -0.39 is 23.9 Å². The summed E-state index contributed by atoms with van der Waals surface area (Å²) in [6.07, 6.45) is -2.67. The number of hydrogen-bond acceptors (Lipinski definition) is 4. The van der Waals surface area contributed by atoms with Crippen molar-refractivity contribution in [3.8, 4) is 0 Å². The lowest BCUT2D eigenvalue weighted by atomic mass is 10.1. The third-order valence-corrected chi connectivity index (χ3v) is 2.25. The molecule has 0 heterocycles. The Hall–Kier alpha value is -2.25. The first-order valence-electron chi connectivity index (χ1n) is 4.84. The standard InChI is InChI=1S/C10H10F2N2O4/c1-13(5-9(11)12)8-4-6(14(17)18)2-3-7(8)10(15)16/h2-4,9H,5H2,1H3,(H,15,16). The molecule has 0 atom stereocenters. The first kappa shape index (κ1) is 13.8. The second-order valence-electron chi connectivity index (χ2n) is 3.54. The smallest absolute Gasteiger partial charge is 0.337 e. The van der Waals surface area contributed by atoms with Gasteiger partial charge in [-0.15, -0.1) is 0 Å². The quantitative estimate of drug-likeness (QED) is 0.646. The molecule has 0 saturated carbocycles. The van der Waals surface area contributed by atoms with Gasteiger partial charge in [-0.05, 0) is 6.07 Å². The lowest BCUT2D eigenvalue weighted by Crippen LogP contribution is -2.25. The average molecular weight is 260 g/mol. The molecule has 18 heavy (non-hydrogen) atoms. The van der Waals surface area contributed by atoms with E-state index in [-0.39, 0.29) is 16.9 Å². The highest BCUT2D eigenvalue weighted by Crippen LogP contribution is 2.26. The summed E-state index contributed by atoms with van der Waals surface area (Å²) in [7, 11) is 1.25. The average Bonchev–Trinajstić information content (AvgIpc) is 2.26. The van der Waals surface area contributed by atoms with Crippen LogP contribution in [0.3, 0.4) is 0 Å². The number of non-ortho nitro benzene ring substituents is 1. The van der Waals surface area contributed by atoms with Crippen LogP contribution in [0.1, 0.15) is 10.4 Å². The van der Waals surface area contributed by atoms with Gasteiger partial charge in [0.2, 0.25) is 0 Å². The summed E-state index contributed by atoms with van der Waals surface area (Å²) in [6, 6.07) is 3.01. The lowest BCUT2D eigenvalue weighted by Gasteiger charge is -2.20. The summed E-state index contributed by atoms with van der Waals surface area (Å²) in [4.78, 5) is 21.7. The van der Waals surface area contributed by atoms with E-state index in [1.165, 1.54) is 7.05 Å². The number of alkyl halides is 2. The van der Waals surface area contributed by atoms with Gasteiger partial charge in [-0.2, -0.15) is 0 Å². The van der Waals surface area contributed by atoms with Crippen molar-refractivity contribution in [2.45, 2.75) is 6.43 Å². The van der Waals surface area contributed by atoms with Crippen LogP contribution in [0.4, 0.5) is 20.2 Å². The Labute approximate surface area is 101 Å². The molecule has 0 saturated heterocycles. The van der Waals surface area contributed by atoms with E-state index in [4.69, 9.17) is 5.11 Å². The Bertz CT molecular complexity index is 479. The molecule has 0 aliphatic heterocycles. The zero-order chi connectivity index (χ0) is 13.9. The Morgan fingerprint density at radius 2 is 2.17 bits per heavy atom. The predicted molar refractivity (Wildman–Crippen MR) is 59.3 cm³/mol. The zero-order valence-electron chi connectivity index (χ0n) is 9.34. The second-order valence-corrected chi connectivity index (χ2v) is 3.54. The van der Waals surface area contributed by atoms with Crippen molar-refractivity contribution < 1.29 is 23.6 Å². The van der Waals surface area contributed by atoms with Crippen molar-refractivity contribution in [3.63, 3.8) is 0 Å². The van der Waals surface area contributed by atoms with Gasteiger partial charge < -0.3 is 10.0 Å². The molecule has 1 aromatic carbocycles. The van der Waals surface area contributed by atoms with Crippen LogP contribution in [0.5, 0.6) is 0 Å². The molecule has 0 aliphatic rings. The van der Waals surface area contributed by atoms with Crippen molar-refractivity contribution in [2.75, 3.05) is 18.5 Å². The third kappa shape index (κ3) is 3.12. The van der Waals surface area contributed by atoms with Gasteiger partial charge in [0.15, 0.2) is 0 Å². The van der Waals surface area contributed by atoms with Crippen LogP contribution in [0.25, 0.3) is 0 Å². The number of rotatable bonds is 5. The van der Waals surface area contributed by atoms with Gasteiger partial charge in [-0.1, -0.05) is 0 Å². The van der Waals surface area contributed by atoms with Crippen LogP contribution in [0.15, 0.2) is 18.2 Å². The van der Waals surface area contributed by atoms with E-state index >= 15 is 0 Å². The molecular weight excluding hydrogens is 250 g/mol. The molecule has 0 spiro atoms. The van der Waals surface area contributed by atoms with Crippen molar-refractivity contribution in [3.05, 3.63) is 33.9 Å². The van der Waals surface area contributed by atoms with E-state index in [9.17, 15) is 23.7 Å². The van der Waals surface area contributed by atoms with Crippen LogP contribution in [-0.2, 0) is 0 Å². The van der Waals surface area contributed by atoms with Crippen LogP contribution >= 0.6 is 0 Å². The number of nitrogens with zero attached hydrogens (tertiary/aromatic N) is 2. The Balaban J connectivity index is 3.22. The first-order valence-corrected chi connectivity index (χ1v) is 4.84. The molecule has 6 nitrogen and oxygen atoms in total.